The number of alkyl halides is 3. The van der Waals surface area contributed by atoms with Gasteiger partial charge in [-0.2, -0.15) is 13.2 Å². The molecule has 2 rings (SSSR count). The number of amides is 2. The van der Waals surface area contributed by atoms with Crippen molar-refractivity contribution < 1.29 is 41.5 Å². The molecule has 1 heterocycles. The van der Waals surface area contributed by atoms with Gasteiger partial charge in [0.25, 0.3) is 0 Å². The maximum atomic E-state index is 14.7. The number of carbonyl (C=O) groups is 2. The summed E-state index contributed by atoms with van der Waals surface area (Å²) in [6.07, 6.45) is -5.72. The fraction of sp³-hybridized carbons (Fsp3) is 0.381. The van der Waals surface area contributed by atoms with Gasteiger partial charge >= 0.3 is 18.2 Å². The first-order chi connectivity index (χ1) is 15.8. The molecule has 2 aromatic rings. The van der Waals surface area contributed by atoms with Gasteiger partial charge in [-0.25, -0.2) is 14.0 Å². The number of rotatable bonds is 11. The van der Waals surface area contributed by atoms with Gasteiger partial charge in [-0.05, 0) is 20.3 Å². The Morgan fingerprint density at radius 1 is 1.26 bits per heavy atom. The predicted molar refractivity (Wildman–Crippen MR) is 116 cm³/mol. The molecule has 34 heavy (non-hydrogen) atoms. The minimum Gasteiger partial charge on any atom is -0.479 e. The second-order valence-electron chi connectivity index (χ2n) is 7.49. The Balaban J connectivity index is 2.37. The minimum atomic E-state index is -4.37. The van der Waals surface area contributed by atoms with Crippen molar-refractivity contribution in [2.24, 2.45) is 0 Å². The van der Waals surface area contributed by atoms with E-state index in [1.807, 2.05) is 0 Å². The molecule has 0 fully saturated rings. The van der Waals surface area contributed by atoms with Crippen LogP contribution in [0, 0.1) is 12.7 Å². The number of urea groups is 1. The van der Waals surface area contributed by atoms with Crippen LogP contribution in [-0.2, 0) is 4.79 Å². The summed E-state index contributed by atoms with van der Waals surface area (Å²) in [7, 11) is 0. The monoisotopic (exact) mass is 488 g/mol. The molecule has 186 valence electrons. The van der Waals surface area contributed by atoms with Crippen LogP contribution in [0.5, 0.6) is 5.75 Å². The fourth-order valence-electron chi connectivity index (χ4n) is 2.92. The summed E-state index contributed by atoms with van der Waals surface area (Å²) in [5, 5.41) is 17.3. The van der Waals surface area contributed by atoms with E-state index in [1.54, 1.807) is 13.8 Å². The van der Waals surface area contributed by atoms with Crippen molar-refractivity contribution in [2.75, 3.05) is 35.2 Å². The first kappa shape index (κ1) is 26.5. The second-order valence-corrected chi connectivity index (χ2v) is 7.49. The molecule has 0 aliphatic heterocycles. The van der Waals surface area contributed by atoms with Crippen LogP contribution in [-0.4, -0.2) is 48.1 Å². The lowest BCUT2D eigenvalue weighted by molar-refractivity contribution is -0.139. The third-order valence-corrected chi connectivity index (χ3v) is 4.20. The fourth-order valence-corrected chi connectivity index (χ4v) is 2.92. The quantitative estimate of drug-likeness (QED) is 0.303. The topological polar surface area (TPSA) is 117 Å². The maximum absolute atomic E-state index is 14.7. The first-order valence-electron chi connectivity index (χ1n) is 9.99. The molecular weight excluding hydrogens is 464 g/mol. The second kappa shape index (κ2) is 11.4. The summed E-state index contributed by atoms with van der Waals surface area (Å²) >= 11 is 0. The maximum Gasteiger partial charge on any atom is 0.389 e. The number of carboxylic acids is 1. The van der Waals surface area contributed by atoms with Gasteiger partial charge in [-0.1, -0.05) is 17.3 Å². The van der Waals surface area contributed by atoms with E-state index in [4.69, 9.17) is 14.4 Å². The van der Waals surface area contributed by atoms with Gasteiger partial charge < -0.3 is 24.6 Å². The van der Waals surface area contributed by atoms with Crippen molar-refractivity contribution >= 4 is 29.3 Å². The molecule has 9 nitrogen and oxygen atoms in total. The van der Waals surface area contributed by atoms with Crippen molar-refractivity contribution in [2.45, 2.75) is 32.9 Å². The Morgan fingerprint density at radius 2 is 1.97 bits per heavy atom. The van der Waals surface area contributed by atoms with Crippen molar-refractivity contribution in [1.29, 1.82) is 0 Å². The normalized spacial score (nSPS) is 11.1. The molecule has 0 unspecified atom stereocenters. The third kappa shape index (κ3) is 8.64. The van der Waals surface area contributed by atoms with Crippen LogP contribution in [0.25, 0.3) is 0 Å². The molecule has 0 aliphatic rings. The third-order valence-electron chi connectivity index (χ3n) is 4.20. The summed E-state index contributed by atoms with van der Waals surface area (Å²) in [5.74, 6) is -2.77. The number of carboxylic acid groups (broad SMARTS) is 1. The number of aliphatic carboxylic acids is 1. The SMILES string of the molecule is C=C(C)CN(CCCC(F)(F)F)c1cc(F)c(OCC(=O)O)cc1NC(=O)Nc1cc(C)no1. The Kier molecular flexibility index (Phi) is 8.87. The van der Waals surface area contributed by atoms with Crippen LogP contribution < -0.4 is 20.3 Å². The van der Waals surface area contributed by atoms with Crippen molar-refractivity contribution in [1.82, 2.24) is 5.16 Å². The highest BCUT2D eigenvalue weighted by Crippen LogP contribution is 2.34. The molecular formula is C21H24F4N4O5. The van der Waals surface area contributed by atoms with Crippen LogP contribution in [0.1, 0.15) is 25.5 Å². The average Bonchev–Trinajstić information content (AvgIpc) is 3.10. The number of hydrogen-bond acceptors (Lipinski definition) is 6. The van der Waals surface area contributed by atoms with Crippen LogP contribution in [0.15, 0.2) is 34.9 Å². The number of benzene rings is 1. The molecule has 1 aromatic carbocycles. The molecule has 0 aliphatic carbocycles. The Hall–Kier alpha value is -3.77. The van der Waals surface area contributed by atoms with Gasteiger partial charge in [0.2, 0.25) is 5.88 Å². The van der Waals surface area contributed by atoms with E-state index >= 15 is 0 Å². The van der Waals surface area contributed by atoms with Gasteiger partial charge in [0.05, 0.1) is 17.1 Å². The zero-order valence-electron chi connectivity index (χ0n) is 18.5. The summed E-state index contributed by atoms with van der Waals surface area (Å²) < 4.78 is 62.5. The number of halogens is 4. The standard InChI is InChI=1S/C21H24F4N4O5/c1-12(2)10-29(6-4-5-21(23,24)25)16-8-14(22)17(33-11-19(30)31)9-15(16)26-20(32)27-18-7-13(3)28-34-18/h7-9H,1,4-6,10-11H2,2-3H3,(H,30,31)(H2,26,27,32). The molecule has 0 radical (unpaired) electrons. The summed E-state index contributed by atoms with van der Waals surface area (Å²) in [6.45, 7) is 6.12. The number of aromatic nitrogens is 1. The number of nitrogens with one attached hydrogen (secondary N) is 2. The van der Waals surface area contributed by atoms with E-state index < -0.39 is 42.8 Å². The van der Waals surface area contributed by atoms with Crippen molar-refractivity contribution in [3.8, 4) is 5.75 Å². The molecule has 0 spiro atoms. The summed E-state index contributed by atoms with van der Waals surface area (Å²) in [5.41, 5.74) is 1.09. The molecule has 13 heteroatoms. The van der Waals surface area contributed by atoms with Gasteiger partial charge in [0.1, 0.15) is 0 Å². The van der Waals surface area contributed by atoms with Crippen LogP contribution in [0.3, 0.4) is 0 Å². The van der Waals surface area contributed by atoms with Crippen LogP contribution >= 0.6 is 0 Å². The number of aryl methyl sites for hydroxylation is 1. The molecule has 2 amide bonds. The largest absolute Gasteiger partial charge is 0.479 e. The zero-order chi connectivity index (χ0) is 25.5. The Morgan fingerprint density at radius 3 is 2.53 bits per heavy atom. The van der Waals surface area contributed by atoms with E-state index in [0.717, 1.165) is 12.1 Å². The molecule has 0 saturated carbocycles. The smallest absolute Gasteiger partial charge is 0.389 e. The lowest BCUT2D eigenvalue weighted by Crippen LogP contribution is -2.29. The number of nitrogens with zero attached hydrogens (tertiary/aromatic N) is 2. The molecule has 0 saturated heterocycles. The van der Waals surface area contributed by atoms with Gasteiger partial charge in [-0.3, -0.25) is 5.32 Å². The van der Waals surface area contributed by atoms with Gasteiger partial charge in [0, 0.05) is 37.7 Å². The van der Waals surface area contributed by atoms with E-state index in [0.29, 0.717) is 11.3 Å². The Labute approximate surface area is 192 Å². The van der Waals surface area contributed by atoms with Gasteiger partial charge in [0.15, 0.2) is 18.2 Å². The highest BCUT2D eigenvalue weighted by Gasteiger charge is 2.27. The number of ether oxygens (including phenoxy) is 1. The average molecular weight is 488 g/mol. The Bertz CT molecular complexity index is 1040. The molecule has 0 atom stereocenters. The van der Waals surface area contributed by atoms with Gasteiger partial charge in [-0.15, -0.1) is 0 Å². The number of carbonyl (C=O) groups excluding carboxylic acids is 1. The number of hydrogen-bond donors (Lipinski definition) is 3. The summed E-state index contributed by atoms with van der Waals surface area (Å²) in [4.78, 5) is 24.7. The van der Waals surface area contributed by atoms with Crippen LogP contribution in [0.2, 0.25) is 0 Å². The van der Waals surface area contributed by atoms with E-state index in [1.165, 1.54) is 11.0 Å². The minimum absolute atomic E-state index is 0.0185. The van der Waals surface area contributed by atoms with Crippen molar-refractivity contribution in [3.63, 3.8) is 0 Å². The molecule has 3 N–H and O–H groups in total. The van der Waals surface area contributed by atoms with E-state index in [-0.39, 0.29) is 36.8 Å². The molecule has 1 aromatic heterocycles. The molecule has 0 bridgehead atoms. The van der Waals surface area contributed by atoms with Crippen LogP contribution in [0.4, 0.5) is 39.6 Å². The number of anilines is 3. The first-order valence-corrected chi connectivity index (χ1v) is 9.99. The lowest BCUT2D eigenvalue weighted by atomic mass is 10.1. The zero-order valence-corrected chi connectivity index (χ0v) is 18.5. The highest BCUT2D eigenvalue weighted by molar-refractivity contribution is 6.01. The van der Waals surface area contributed by atoms with Crippen molar-refractivity contribution in [3.05, 3.63) is 41.9 Å². The summed E-state index contributed by atoms with van der Waals surface area (Å²) in [6, 6.07) is 2.62. The lowest BCUT2D eigenvalue weighted by Gasteiger charge is -2.28. The highest BCUT2D eigenvalue weighted by atomic mass is 19.4. The van der Waals surface area contributed by atoms with E-state index in [2.05, 4.69) is 22.4 Å². The predicted octanol–water partition coefficient (Wildman–Crippen LogP) is 4.95. The van der Waals surface area contributed by atoms with E-state index in [9.17, 15) is 27.2 Å².